The summed E-state index contributed by atoms with van der Waals surface area (Å²) in [5.41, 5.74) is 3.95. The molecule has 31 heavy (non-hydrogen) atoms. The van der Waals surface area contributed by atoms with Gasteiger partial charge in [0.2, 0.25) is 5.91 Å². The Morgan fingerprint density at radius 2 is 1.90 bits per heavy atom. The van der Waals surface area contributed by atoms with Crippen LogP contribution in [-0.2, 0) is 4.79 Å². The number of carbonyl (C=O) groups is 1. The molecule has 0 radical (unpaired) electrons. The molecule has 0 aliphatic carbocycles. The lowest BCUT2D eigenvalue weighted by atomic mass is 9.88. The number of hydrogen-bond donors (Lipinski definition) is 1. The van der Waals surface area contributed by atoms with E-state index < -0.39 is 0 Å². The van der Waals surface area contributed by atoms with Gasteiger partial charge in [0.15, 0.2) is 11.5 Å². The Kier molecular flexibility index (Phi) is 6.47. The fourth-order valence-electron chi connectivity index (χ4n) is 3.90. The Morgan fingerprint density at radius 1 is 1.10 bits per heavy atom. The molecule has 1 aliphatic rings. The quantitative estimate of drug-likeness (QED) is 0.434. The maximum Gasteiger partial charge on any atom is 0.225 e. The van der Waals surface area contributed by atoms with Gasteiger partial charge in [0.05, 0.1) is 26.5 Å². The summed E-state index contributed by atoms with van der Waals surface area (Å²) in [4.78, 5) is 13.9. The lowest BCUT2D eigenvalue weighted by molar-refractivity contribution is -0.116. The highest BCUT2D eigenvalue weighted by atomic mass is 32.1. The minimum Gasteiger partial charge on any atom is -0.497 e. The van der Waals surface area contributed by atoms with Gasteiger partial charge in [-0.05, 0) is 30.2 Å². The van der Waals surface area contributed by atoms with Crippen LogP contribution in [-0.4, -0.2) is 26.7 Å². The van der Waals surface area contributed by atoms with Crippen molar-refractivity contribution in [3.05, 3.63) is 58.3 Å². The molecule has 2 heterocycles. The smallest absolute Gasteiger partial charge is 0.225 e. The van der Waals surface area contributed by atoms with Gasteiger partial charge in [0.25, 0.3) is 0 Å². The summed E-state index contributed by atoms with van der Waals surface area (Å²) in [5, 5.41) is 5.22. The lowest BCUT2D eigenvalue weighted by Gasteiger charge is -2.26. The first-order chi connectivity index (χ1) is 15.2. The molecule has 0 spiro atoms. The second kappa shape index (κ2) is 9.43. The molecule has 0 fully saturated rings. The number of nitrogens with one attached hydrogen (secondary N) is 1. The summed E-state index contributed by atoms with van der Waals surface area (Å²) in [6, 6.07) is 13.8. The van der Waals surface area contributed by atoms with E-state index in [9.17, 15) is 4.79 Å². The molecule has 1 amide bonds. The van der Waals surface area contributed by atoms with E-state index >= 15 is 0 Å². The number of benzene rings is 2. The molecule has 1 aliphatic heterocycles. The zero-order chi connectivity index (χ0) is 21.8. The number of thiophene rings is 1. The summed E-state index contributed by atoms with van der Waals surface area (Å²) in [6.07, 6.45) is 2.40. The molecular formula is C25H27NO4S. The van der Waals surface area contributed by atoms with Crippen LogP contribution < -0.4 is 19.5 Å². The van der Waals surface area contributed by atoms with Gasteiger partial charge in [-0.15, -0.1) is 11.3 Å². The molecule has 5 nitrogen and oxygen atoms in total. The average molecular weight is 438 g/mol. The maximum absolute atomic E-state index is 12.7. The summed E-state index contributed by atoms with van der Waals surface area (Å²) in [5.74, 6) is 2.18. The first-order valence-electron chi connectivity index (χ1n) is 10.5. The van der Waals surface area contributed by atoms with Crippen molar-refractivity contribution in [1.82, 2.24) is 0 Å². The van der Waals surface area contributed by atoms with Crippen molar-refractivity contribution < 1.29 is 19.0 Å². The molecular weight excluding hydrogens is 410 g/mol. The third-order valence-corrected chi connectivity index (χ3v) is 6.64. The average Bonchev–Trinajstić information content (AvgIpc) is 3.22. The molecule has 0 saturated carbocycles. The minimum absolute atomic E-state index is 0.00740. The Labute approximate surface area is 187 Å². The third-order valence-electron chi connectivity index (χ3n) is 5.54. The third kappa shape index (κ3) is 4.26. The summed E-state index contributed by atoms with van der Waals surface area (Å²) in [6.45, 7) is 2.76. The highest BCUT2D eigenvalue weighted by Gasteiger charge is 2.33. The molecule has 6 heteroatoms. The van der Waals surface area contributed by atoms with E-state index in [2.05, 4.69) is 17.6 Å². The summed E-state index contributed by atoms with van der Waals surface area (Å²) >= 11 is 1.67. The number of carbonyl (C=O) groups excluding carboxylic acids is 1. The number of fused-ring (bicyclic) bond motifs is 1. The van der Waals surface area contributed by atoms with Crippen LogP contribution in [0.15, 0.2) is 47.8 Å². The number of anilines is 1. The zero-order valence-electron chi connectivity index (χ0n) is 18.1. The molecule has 162 valence electrons. The molecule has 1 N–H and O–H groups in total. The van der Waals surface area contributed by atoms with Crippen molar-refractivity contribution in [1.29, 1.82) is 0 Å². The maximum atomic E-state index is 12.7. The predicted molar refractivity (Wildman–Crippen MR) is 125 cm³/mol. The Balaban J connectivity index is 1.76. The molecule has 1 aromatic heterocycles. The van der Waals surface area contributed by atoms with Gasteiger partial charge in [-0.2, -0.15) is 0 Å². The summed E-state index contributed by atoms with van der Waals surface area (Å²) in [7, 11) is 3.30. The van der Waals surface area contributed by atoms with E-state index in [0.29, 0.717) is 18.8 Å². The summed E-state index contributed by atoms with van der Waals surface area (Å²) < 4.78 is 17.0. The zero-order valence-corrected chi connectivity index (χ0v) is 18.9. The number of amides is 1. The van der Waals surface area contributed by atoms with E-state index in [1.165, 1.54) is 0 Å². The van der Waals surface area contributed by atoms with Crippen molar-refractivity contribution >= 4 is 22.9 Å². The molecule has 4 rings (SSSR count). The lowest BCUT2D eigenvalue weighted by Crippen LogP contribution is -2.23. The van der Waals surface area contributed by atoms with Gasteiger partial charge in [0.1, 0.15) is 5.75 Å². The first kappa shape index (κ1) is 21.2. The fraction of sp³-hybridized carbons (Fsp3) is 0.320. The van der Waals surface area contributed by atoms with Crippen LogP contribution in [0.25, 0.3) is 11.1 Å². The standard InChI is InChI=1S/C25H27NO4S/c1-4-5-13-30-24-18(7-6-8-21(24)29-3)19-14-22(27)26-23-20(15-31-25(19)23)16-9-11-17(28-2)12-10-16/h6-12,15,19H,4-5,13-14H2,1-3H3,(H,26,27)/t19-/m0/s1. The highest BCUT2D eigenvalue weighted by molar-refractivity contribution is 7.11. The molecule has 0 unspecified atom stereocenters. The Hall–Kier alpha value is -2.99. The number of unbranched alkanes of at least 4 members (excludes halogenated alkanes) is 1. The minimum atomic E-state index is -0.0764. The number of hydrogen-bond acceptors (Lipinski definition) is 5. The van der Waals surface area contributed by atoms with E-state index in [-0.39, 0.29) is 11.8 Å². The largest absolute Gasteiger partial charge is 0.497 e. The monoisotopic (exact) mass is 437 g/mol. The van der Waals surface area contributed by atoms with Crippen LogP contribution in [0.3, 0.4) is 0 Å². The van der Waals surface area contributed by atoms with Crippen molar-refractivity contribution in [3.63, 3.8) is 0 Å². The van der Waals surface area contributed by atoms with Crippen LogP contribution in [0, 0.1) is 0 Å². The van der Waals surface area contributed by atoms with Crippen LogP contribution >= 0.6 is 11.3 Å². The van der Waals surface area contributed by atoms with E-state index in [4.69, 9.17) is 14.2 Å². The van der Waals surface area contributed by atoms with Crippen LogP contribution in [0.2, 0.25) is 0 Å². The van der Waals surface area contributed by atoms with Crippen LogP contribution in [0.4, 0.5) is 5.69 Å². The normalized spacial score (nSPS) is 15.2. The van der Waals surface area contributed by atoms with Crippen molar-refractivity contribution in [2.75, 3.05) is 26.1 Å². The van der Waals surface area contributed by atoms with Crippen molar-refractivity contribution in [3.8, 4) is 28.4 Å². The number of ether oxygens (including phenoxy) is 3. The van der Waals surface area contributed by atoms with E-state index in [0.717, 1.165) is 51.6 Å². The number of para-hydroxylation sites is 1. The Morgan fingerprint density at radius 3 is 2.61 bits per heavy atom. The van der Waals surface area contributed by atoms with Crippen LogP contribution in [0.1, 0.15) is 42.5 Å². The van der Waals surface area contributed by atoms with Crippen LogP contribution in [0.5, 0.6) is 17.2 Å². The van der Waals surface area contributed by atoms with Gasteiger partial charge < -0.3 is 19.5 Å². The van der Waals surface area contributed by atoms with Crippen molar-refractivity contribution in [2.24, 2.45) is 0 Å². The fourth-order valence-corrected chi connectivity index (χ4v) is 5.05. The second-order valence-electron chi connectivity index (χ2n) is 7.50. The second-order valence-corrected chi connectivity index (χ2v) is 8.41. The van der Waals surface area contributed by atoms with Gasteiger partial charge in [-0.3, -0.25) is 4.79 Å². The van der Waals surface area contributed by atoms with Crippen molar-refractivity contribution in [2.45, 2.75) is 32.1 Å². The topological polar surface area (TPSA) is 56.8 Å². The Bertz CT molecular complexity index is 1060. The number of methoxy groups -OCH3 is 2. The van der Waals surface area contributed by atoms with Gasteiger partial charge >= 0.3 is 0 Å². The number of rotatable bonds is 8. The molecule has 2 aromatic carbocycles. The highest BCUT2D eigenvalue weighted by Crippen LogP contribution is 2.49. The van der Waals surface area contributed by atoms with E-state index in [1.54, 1.807) is 25.6 Å². The van der Waals surface area contributed by atoms with Gasteiger partial charge in [-0.25, -0.2) is 0 Å². The first-order valence-corrected chi connectivity index (χ1v) is 11.4. The van der Waals surface area contributed by atoms with Gasteiger partial charge in [0, 0.05) is 33.7 Å². The molecule has 0 saturated heterocycles. The molecule has 0 bridgehead atoms. The molecule has 3 aromatic rings. The predicted octanol–water partition coefficient (Wildman–Crippen LogP) is 6.09. The SMILES string of the molecule is CCCCOc1c(OC)cccc1[C@@H]1CC(=O)Nc2c(-c3ccc(OC)cc3)csc21. The van der Waals surface area contributed by atoms with E-state index in [1.807, 2.05) is 42.5 Å². The van der Waals surface area contributed by atoms with Gasteiger partial charge in [-0.1, -0.05) is 37.6 Å². The molecule has 1 atom stereocenters.